The van der Waals surface area contributed by atoms with Crippen molar-refractivity contribution < 1.29 is 14.7 Å². The minimum absolute atomic E-state index is 0.137. The summed E-state index contributed by atoms with van der Waals surface area (Å²) >= 11 is 0. The summed E-state index contributed by atoms with van der Waals surface area (Å²) in [6, 6.07) is 6.88. The number of hydrogen-bond donors (Lipinski definition) is 2. The molecule has 0 aliphatic heterocycles. The van der Waals surface area contributed by atoms with Crippen molar-refractivity contribution in [2.75, 3.05) is 5.32 Å². The third kappa shape index (κ3) is 3.10. The maximum absolute atomic E-state index is 12.4. The van der Waals surface area contributed by atoms with Crippen LogP contribution in [0, 0.1) is 13.8 Å². The highest BCUT2D eigenvalue weighted by molar-refractivity contribution is 6.06. The van der Waals surface area contributed by atoms with Crippen molar-refractivity contribution in [2.24, 2.45) is 7.05 Å². The van der Waals surface area contributed by atoms with E-state index in [4.69, 9.17) is 5.11 Å². The van der Waals surface area contributed by atoms with Crippen LogP contribution in [-0.4, -0.2) is 26.8 Å². The van der Waals surface area contributed by atoms with Crippen LogP contribution in [0.5, 0.6) is 0 Å². The number of carboxylic acid groups (broad SMARTS) is 1. The average Bonchev–Trinajstić information content (AvgIpc) is 2.65. The molecule has 6 nitrogen and oxygen atoms in total. The van der Waals surface area contributed by atoms with E-state index in [1.807, 2.05) is 6.92 Å². The van der Waals surface area contributed by atoms with Crippen molar-refractivity contribution in [1.29, 1.82) is 0 Å². The van der Waals surface area contributed by atoms with Gasteiger partial charge in [0.05, 0.1) is 17.7 Å². The molecule has 0 saturated carbocycles. The number of carboxylic acids is 1. The zero-order valence-electron chi connectivity index (χ0n) is 12.2. The Hall–Kier alpha value is -2.63. The van der Waals surface area contributed by atoms with Crippen LogP contribution in [0.25, 0.3) is 0 Å². The number of anilines is 1. The summed E-state index contributed by atoms with van der Waals surface area (Å²) in [5, 5.41) is 15.9. The van der Waals surface area contributed by atoms with Gasteiger partial charge in [-0.25, -0.2) is 0 Å². The molecule has 0 bridgehead atoms. The van der Waals surface area contributed by atoms with Crippen LogP contribution in [-0.2, 0) is 18.3 Å². The van der Waals surface area contributed by atoms with E-state index in [2.05, 4.69) is 10.4 Å². The Bertz CT molecular complexity index is 704. The largest absolute Gasteiger partial charge is 0.481 e. The zero-order valence-corrected chi connectivity index (χ0v) is 12.2. The van der Waals surface area contributed by atoms with Crippen LogP contribution in [0.1, 0.15) is 27.3 Å². The molecule has 0 aliphatic rings. The molecule has 1 aromatic heterocycles. The number of hydrogen-bond acceptors (Lipinski definition) is 3. The Labute approximate surface area is 122 Å². The van der Waals surface area contributed by atoms with Crippen molar-refractivity contribution in [3.05, 3.63) is 46.8 Å². The number of nitrogens with one attached hydrogen (secondary N) is 1. The van der Waals surface area contributed by atoms with Crippen LogP contribution in [0.15, 0.2) is 24.3 Å². The van der Waals surface area contributed by atoms with E-state index in [1.54, 1.807) is 42.9 Å². The number of para-hydroxylation sites is 1. The van der Waals surface area contributed by atoms with Crippen molar-refractivity contribution in [3.8, 4) is 0 Å². The van der Waals surface area contributed by atoms with Crippen molar-refractivity contribution in [1.82, 2.24) is 9.78 Å². The van der Waals surface area contributed by atoms with Crippen LogP contribution in [0.4, 0.5) is 5.69 Å². The van der Waals surface area contributed by atoms with Gasteiger partial charge in [-0.3, -0.25) is 14.3 Å². The smallest absolute Gasteiger partial charge is 0.307 e. The van der Waals surface area contributed by atoms with Gasteiger partial charge in [-0.1, -0.05) is 18.2 Å². The number of carbonyl (C=O) groups is 2. The lowest BCUT2D eigenvalue weighted by atomic mass is 10.1. The second kappa shape index (κ2) is 5.78. The molecular formula is C15H17N3O3. The number of aliphatic carboxylic acids is 1. The summed E-state index contributed by atoms with van der Waals surface area (Å²) in [6.07, 6.45) is -0.137. The molecule has 0 atom stereocenters. The van der Waals surface area contributed by atoms with Gasteiger partial charge >= 0.3 is 5.97 Å². The summed E-state index contributed by atoms with van der Waals surface area (Å²) in [7, 11) is 1.78. The fraction of sp³-hybridized carbons (Fsp3) is 0.267. The zero-order chi connectivity index (χ0) is 15.6. The molecular weight excluding hydrogens is 270 g/mol. The molecule has 2 aromatic rings. The molecule has 110 valence electrons. The SMILES string of the molecule is Cc1nn(C)c(C)c1C(=O)Nc1ccccc1CC(=O)O. The van der Waals surface area contributed by atoms with Crippen LogP contribution in [0.2, 0.25) is 0 Å². The summed E-state index contributed by atoms with van der Waals surface area (Å²) < 4.78 is 1.65. The predicted octanol–water partition coefficient (Wildman–Crippen LogP) is 1.92. The van der Waals surface area contributed by atoms with Gasteiger partial charge in [0.1, 0.15) is 0 Å². The van der Waals surface area contributed by atoms with Crippen molar-refractivity contribution in [2.45, 2.75) is 20.3 Å². The maximum atomic E-state index is 12.4. The van der Waals surface area contributed by atoms with Gasteiger partial charge in [-0.05, 0) is 25.5 Å². The predicted molar refractivity (Wildman–Crippen MR) is 78.4 cm³/mol. The van der Waals surface area contributed by atoms with E-state index < -0.39 is 5.97 Å². The van der Waals surface area contributed by atoms with Crippen LogP contribution < -0.4 is 5.32 Å². The van der Waals surface area contributed by atoms with Gasteiger partial charge in [0.25, 0.3) is 5.91 Å². The summed E-state index contributed by atoms with van der Waals surface area (Å²) in [5.74, 6) is -1.22. The Morgan fingerprint density at radius 3 is 2.52 bits per heavy atom. The fourth-order valence-corrected chi connectivity index (χ4v) is 2.25. The summed E-state index contributed by atoms with van der Waals surface area (Å²) in [6.45, 7) is 3.59. The normalized spacial score (nSPS) is 10.4. The monoisotopic (exact) mass is 287 g/mol. The minimum Gasteiger partial charge on any atom is -0.481 e. The van der Waals surface area contributed by atoms with Crippen molar-refractivity contribution >= 4 is 17.6 Å². The number of nitrogens with zero attached hydrogens (tertiary/aromatic N) is 2. The van der Waals surface area contributed by atoms with Gasteiger partial charge in [-0.15, -0.1) is 0 Å². The molecule has 0 aliphatic carbocycles. The maximum Gasteiger partial charge on any atom is 0.307 e. The Morgan fingerprint density at radius 2 is 1.95 bits per heavy atom. The van der Waals surface area contributed by atoms with E-state index in [0.29, 0.717) is 22.5 Å². The molecule has 1 amide bonds. The molecule has 6 heteroatoms. The third-order valence-corrected chi connectivity index (χ3v) is 3.34. The van der Waals surface area contributed by atoms with Gasteiger partial charge in [0.2, 0.25) is 0 Å². The van der Waals surface area contributed by atoms with Gasteiger partial charge in [0, 0.05) is 18.4 Å². The first-order valence-electron chi connectivity index (χ1n) is 6.51. The first kappa shape index (κ1) is 14.8. The van der Waals surface area contributed by atoms with E-state index in [9.17, 15) is 9.59 Å². The lowest BCUT2D eigenvalue weighted by Crippen LogP contribution is -2.16. The summed E-state index contributed by atoms with van der Waals surface area (Å²) in [4.78, 5) is 23.3. The van der Waals surface area contributed by atoms with E-state index in [-0.39, 0.29) is 12.3 Å². The van der Waals surface area contributed by atoms with E-state index in [0.717, 1.165) is 5.69 Å². The Balaban J connectivity index is 2.30. The molecule has 2 N–H and O–H groups in total. The summed E-state index contributed by atoms with van der Waals surface area (Å²) in [5.41, 5.74) is 3.00. The van der Waals surface area contributed by atoms with Gasteiger partial charge < -0.3 is 10.4 Å². The molecule has 1 heterocycles. The van der Waals surface area contributed by atoms with E-state index in [1.165, 1.54) is 0 Å². The number of rotatable bonds is 4. The van der Waals surface area contributed by atoms with Gasteiger partial charge in [0.15, 0.2) is 0 Å². The number of carbonyl (C=O) groups excluding carboxylic acids is 1. The Kier molecular flexibility index (Phi) is 4.07. The van der Waals surface area contributed by atoms with Crippen LogP contribution >= 0.6 is 0 Å². The van der Waals surface area contributed by atoms with Crippen LogP contribution in [0.3, 0.4) is 0 Å². The second-order valence-corrected chi connectivity index (χ2v) is 4.85. The highest BCUT2D eigenvalue weighted by Crippen LogP contribution is 2.19. The topological polar surface area (TPSA) is 84.2 Å². The molecule has 0 fully saturated rings. The Morgan fingerprint density at radius 1 is 1.29 bits per heavy atom. The second-order valence-electron chi connectivity index (χ2n) is 4.85. The molecule has 1 aromatic carbocycles. The lowest BCUT2D eigenvalue weighted by molar-refractivity contribution is -0.136. The highest BCUT2D eigenvalue weighted by Gasteiger charge is 2.18. The number of benzene rings is 1. The molecule has 0 spiro atoms. The average molecular weight is 287 g/mol. The first-order valence-corrected chi connectivity index (χ1v) is 6.51. The molecule has 2 rings (SSSR count). The third-order valence-electron chi connectivity index (χ3n) is 3.34. The fourth-order valence-electron chi connectivity index (χ4n) is 2.25. The standard InChI is InChI=1S/C15H17N3O3/c1-9-14(10(2)18(3)17-9)15(21)16-12-7-5-4-6-11(12)8-13(19)20/h4-7H,8H2,1-3H3,(H,16,21)(H,19,20). The molecule has 0 unspecified atom stereocenters. The lowest BCUT2D eigenvalue weighted by Gasteiger charge is -2.10. The number of aromatic nitrogens is 2. The number of amides is 1. The molecule has 0 saturated heterocycles. The quantitative estimate of drug-likeness (QED) is 0.899. The minimum atomic E-state index is -0.939. The van der Waals surface area contributed by atoms with Gasteiger partial charge in [-0.2, -0.15) is 5.10 Å². The first-order chi connectivity index (χ1) is 9.90. The highest BCUT2D eigenvalue weighted by atomic mass is 16.4. The number of aryl methyl sites for hydroxylation is 2. The molecule has 21 heavy (non-hydrogen) atoms. The molecule has 0 radical (unpaired) electrons. The van der Waals surface area contributed by atoms with Crippen molar-refractivity contribution in [3.63, 3.8) is 0 Å². The van der Waals surface area contributed by atoms with E-state index >= 15 is 0 Å².